The number of aryl methyl sites for hydroxylation is 1. The van der Waals surface area contributed by atoms with E-state index < -0.39 is 23.4 Å². The zero-order valence-corrected chi connectivity index (χ0v) is 17.0. The molecule has 0 atom stereocenters. The molecule has 32 heavy (non-hydrogen) atoms. The maximum Gasteiger partial charge on any atom is 0.338 e. The van der Waals surface area contributed by atoms with Gasteiger partial charge in [-0.05, 0) is 30.7 Å². The summed E-state index contributed by atoms with van der Waals surface area (Å²) < 4.78 is 5.10. The Bertz CT molecular complexity index is 1330. The van der Waals surface area contributed by atoms with Crippen LogP contribution in [0.4, 0.5) is 11.4 Å². The summed E-state index contributed by atoms with van der Waals surface area (Å²) in [6.45, 7) is 1.17. The molecule has 4 aromatic rings. The molecule has 160 valence electrons. The molecule has 2 N–H and O–H groups in total. The number of hydrogen-bond acceptors (Lipinski definition) is 6. The summed E-state index contributed by atoms with van der Waals surface area (Å²) in [6, 6.07) is 18.6. The number of nitrogens with zero attached hydrogens (tertiary/aromatic N) is 2. The quantitative estimate of drug-likeness (QED) is 0.268. The van der Waals surface area contributed by atoms with Gasteiger partial charge in [0.15, 0.2) is 6.61 Å². The van der Waals surface area contributed by atoms with Crippen LogP contribution in [0.1, 0.15) is 15.9 Å². The van der Waals surface area contributed by atoms with Gasteiger partial charge in [0.25, 0.3) is 11.6 Å². The minimum atomic E-state index is -0.673. The molecule has 0 saturated carbocycles. The molecular weight excluding hydrogens is 412 g/mol. The van der Waals surface area contributed by atoms with E-state index in [9.17, 15) is 19.7 Å². The van der Waals surface area contributed by atoms with Crippen LogP contribution >= 0.6 is 0 Å². The highest BCUT2D eigenvalue weighted by molar-refractivity contribution is 5.97. The summed E-state index contributed by atoms with van der Waals surface area (Å²) in [5.74, 6) is -0.595. The van der Waals surface area contributed by atoms with Crippen molar-refractivity contribution in [1.82, 2.24) is 9.97 Å². The summed E-state index contributed by atoms with van der Waals surface area (Å²) >= 11 is 0. The van der Waals surface area contributed by atoms with Crippen molar-refractivity contribution >= 4 is 34.3 Å². The molecule has 0 unspecified atom stereocenters. The zero-order chi connectivity index (χ0) is 22.7. The third-order valence-corrected chi connectivity index (χ3v) is 4.81. The van der Waals surface area contributed by atoms with E-state index in [1.807, 2.05) is 30.3 Å². The number of carbonyl (C=O) groups excluding carboxylic acids is 2. The molecule has 9 nitrogen and oxygen atoms in total. The minimum absolute atomic E-state index is 0.148. The number of fused-ring (bicyclic) bond motifs is 1. The third kappa shape index (κ3) is 4.46. The summed E-state index contributed by atoms with van der Waals surface area (Å²) in [5, 5.41) is 13.4. The summed E-state index contributed by atoms with van der Waals surface area (Å²) in [7, 11) is 0. The van der Waals surface area contributed by atoms with E-state index in [-0.39, 0.29) is 16.9 Å². The molecule has 0 saturated heterocycles. The predicted octanol–water partition coefficient (Wildman–Crippen LogP) is 4.24. The van der Waals surface area contributed by atoms with Gasteiger partial charge in [0.1, 0.15) is 5.82 Å². The first kappa shape index (κ1) is 20.7. The molecule has 0 bridgehead atoms. The Balaban J connectivity index is 1.42. The van der Waals surface area contributed by atoms with Crippen molar-refractivity contribution in [1.29, 1.82) is 0 Å². The van der Waals surface area contributed by atoms with Crippen molar-refractivity contribution in [3.8, 4) is 11.4 Å². The Kier molecular flexibility index (Phi) is 5.63. The number of nitro benzene ring substituents is 1. The van der Waals surface area contributed by atoms with Crippen LogP contribution in [0.2, 0.25) is 0 Å². The van der Waals surface area contributed by atoms with Gasteiger partial charge < -0.3 is 15.0 Å². The average Bonchev–Trinajstić information content (AvgIpc) is 3.23. The number of esters is 1. The van der Waals surface area contributed by atoms with E-state index >= 15 is 0 Å². The van der Waals surface area contributed by atoms with E-state index in [0.717, 1.165) is 5.56 Å². The number of amides is 1. The number of aromatic amines is 1. The first-order chi connectivity index (χ1) is 15.4. The lowest BCUT2D eigenvalue weighted by molar-refractivity contribution is -0.384. The molecule has 3 aromatic carbocycles. The van der Waals surface area contributed by atoms with Crippen LogP contribution in [0, 0.1) is 17.0 Å². The Morgan fingerprint density at radius 1 is 1.09 bits per heavy atom. The van der Waals surface area contributed by atoms with Gasteiger partial charge in [0.05, 0.1) is 27.2 Å². The monoisotopic (exact) mass is 430 g/mol. The Morgan fingerprint density at radius 2 is 1.88 bits per heavy atom. The molecular formula is C23H18N4O5. The van der Waals surface area contributed by atoms with Crippen LogP contribution < -0.4 is 5.32 Å². The summed E-state index contributed by atoms with van der Waals surface area (Å²) in [4.78, 5) is 42.6. The van der Waals surface area contributed by atoms with Gasteiger partial charge in [-0.1, -0.05) is 36.4 Å². The second kappa shape index (κ2) is 8.68. The third-order valence-electron chi connectivity index (χ3n) is 4.81. The second-order valence-corrected chi connectivity index (χ2v) is 7.06. The average molecular weight is 430 g/mol. The van der Waals surface area contributed by atoms with Crippen molar-refractivity contribution < 1.29 is 19.2 Å². The van der Waals surface area contributed by atoms with E-state index in [1.165, 1.54) is 18.2 Å². The number of carbonyl (C=O) groups is 2. The topological polar surface area (TPSA) is 127 Å². The highest BCUT2D eigenvalue weighted by atomic mass is 16.6. The minimum Gasteiger partial charge on any atom is -0.452 e. The van der Waals surface area contributed by atoms with Crippen LogP contribution in [0.15, 0.2) is 66.7 Å². The number of nitro groups is 1. The number of imidazole rings is 1. The molecule has 1 aromatic heterocycles. The lowest BCUT2D eigenvalue weighted by Gasteiger charge is -2.09. The summed E-state index contributed by atoms with van der Waals surface area (Å²) in [5.41, 5.74) is 3.32. The molecule has 0 aliphatic rings. The fraction of sp³-hybridized carbons (Fsp3) is 0.0870. The number of hydrogen-bond donors (Lipinski definition) is 2. The number of aromatic nitrogens is 2. The fourth-order valence-electron chi connectivity index (χ4n) is 3.13. The number of ether oxygens (including phenoxy) is 1. The van der Waals surface area contributed by atoms with Crippen molar-refractivity contribution in [2.45, 2.75) is 6.92 Å². The first-order valence-corrected chi connectivity index (χ1v) is 9.68. The maximum absolute atomic E-state index is 12.4. The number of nitrogens with one attached hydrogen (secondary N) is 2. The van der Waals surface area contributed by atoms with Gasteiger partial charge in [-0.25, -0.2) is 9.78 Å². The first-order valence-electron chi connectivity index (χ1n) is 9.68. The van der Waals surface area contributed by atoms with Crippen LogP contribution in [-0.2, 0) is 9.53 Å². The molecule has 1 amide bonds. The smallest absolute Gasteiger partial charge is 0.338 e. The zero-order valence-electron chi connectivity index (χ0n) is 17.0. The SMILES string of the molecule is Cc1ccc([N+](=O)[O-])cc1NC(=O)COC(=O)c1ccc2nc(-c3ccccc3)[nH]c2c1. The van der Waals surface area contributed by atoms with Crippen LogP contribution in [0.25, 0.3) is 22.4 Å². The molecule has 0 radical (unpaired) electrons. The fourth-order valence-corrected chi connectivity index (χ4v) is 3.13. The van der Waals surface area contributed by atoms with Gasteiger partial charge in [-0.2, -0.15) is 0 Å². The van der Waals surface area contributed by atoms with Crippen molar-refractivity contribution in [2.24, 2.45) is 0 Å². The molecule has 4 rings (SSSR count). The largest absolute Gasteiger partial charge is 0.452 e. The molecule has 0 fully saturated rings. The lowest BCUT2D eigenvalue weighted by atomic mass is 10.2. The number of benzene rings is 3. The van der Waals surface area contributed by atoms with E-state index in [0.29, 0.717) is 22.4 Å². The van der Waals surface area contributed by atoms with Gasteiger partial charge in [-0.3, -0.25) is 14.9 Å². The lowest BCUT2D eigenvalue weighted by Crippen LogP contribution is -2.21. The van der Waals surface area contributed by atoms with Crippen LogP contribution in [-0.4, -0.2) is 33.4 Å². The number of rotatable bonds is 6. The normalized spacial score (nSPS) is 10.7. The number of anilines is 1. The highest BCUT2D eigenvalue weighted by Gasteiger charge is 2.15. The van der Waals surface area contributed by atoms with Crippen molar-refractivity contribution in [3.63, 3.8) is 0 Å². The number of non-ortho nitro benzene ring substituents is 1. The molecule has 0 aliphatic heterocycles. The Hall–Kier alpha value is -4.53. The Labute approximate surface area is 182 Å². The number of H-pyrrole nitrogens is 1. The van der Waals surface area contributed by atoms with Gasteiger partial charge in [-0.15, -0.1) is 0 Å². The Morgan fingerprint density at radius 3 is 2.62 bits per heavy atom. The van der Waals surface area contributed by atoms with E-state index in [2.05, 4.69) is 15.3 Å². The van der Waals surface area contributed by atoms with E-state index in [1.54, 1.807) is 25.1 Å². The van der Waals surface area contributed by atoms with Gasteiger partial charge in [0.2, 0.25) is 0 Å². The van der Waals surface area contributed by atoms with Gasteiger partial charge >= 0.3 is 5.97 Å². The molecule has 9 heteroatoms. The predicted molar refractivity (Wildman–Crippen MR) is 118 cm³/mol. The summed E-state index contributed by atoms with van der Waals surface area (Å²) in [6.07, 6.45) is 0. The van der Waals surface area contributed by atoms with E-state index in [4.69, 9.17) is 4.74 Å². The maximum atomic E-state index is 12.4. The van der Waals surface area contributed by atoms with Gasteiger partial charge in [0, 0.05) is 17.7 Å². The molecule has 0 aliphatic carbocycles. The highest BCUT2D eigenvalue weighted by Crippen LogP contribution is 2.23. The molecule has 1 heterocycles. The van der Waals surface area contributed by atoms with Crippen LogP contribution in [0.3, 0.4) is 0 Å². The van der Waals surface area contributed by atoms with Crippen LogP contribution in [0.5, 0.6) is 0 Å². The molecule has 0 spiro atoms. The second-order valence-electron chi connectivity index (χ2n) is 7.06. The van der Waals surface area contributed by atoms with Crippen molar-refractivity contribution in [2.75, 3.05) is 11.9 Å². The van der Waals surface area contributed by atoms with Crippen molar-refractivity contribution in [3.05, 3.63) is 88.0 Å². The standard InChI is InChI=1S/C23H18N4O5/c1-14-7-9-17(27(30)31)12-19(14)24-21(28)13-32-23(29)16-8-10-18-20(11-16)26-22(25-18)15-5-3-2-4-6-15/h2-12H,13H2,1H3,(H,24,28)(H,25,26).